The minimum atomic E-state index is -0.749. The molecule has 0 bridgehead atoms. The highest BCUT2D eigenvalue weighted by molar-refractivity contribution is 6.31. The third-order valence-electron chi connectivity index (χ3n) is 6.63. The number of ether oxygens (including phenoxy) is 2. The molecule has 1 saturated heterocycles. The summed E-state index contributed by atoms with van der Waals surface area (Å²) in [7, 11) is 1.58. The fraction of sp³-hybridized carbons (Fsp3) is 0.481. The smallest absolute Gasteiger partial charge is 0.250 e. The lowest BCUT2D eigenvalue weighted by Gasteiger charge is -2.44. The lowest BCUT2D eigenvalue weighted by molar-refractivity contribution is -0.160. The van der Waals surface area contributed by atoms with Crippen molar-refractivity contribution >= 4 is 23.4 Å². The van der Waals surface area contributed by atoms with Crippen LogP contribution in [0.1, 0.15) is 63.1 Å². The number of nitrogens with zero attached hydrogens (tertiary/aromatic N) is 2. The number of carbonyl (C=O) groups is 2. The maximum atomic E-state index is 13.9. The number of carbonyl (C=O) groups excluding carboxylic acids is 2. The minimum Gasteiger partial charge on any atom is -0.493 e. The van der Waals surface area contributed by atoms with Crippen molar-refractivity contribution in [2.75, 3.05) is 13.7 Å². The summed E-state index contributed by atoms with van der Waals surface area (Å²) in [6, 6.07) is 12.3. The Hall–Kier alpha value is -2.73. The van der Waals surface area contributed by atoms with E-state index in [0.717, 1.165) is 31.2 Å². The van der Waals surface area contributed by atoms with E-state index in [0.29, 0.717) is 22.1 Å². The predicted molar refractivity (Wildman–Crippen MR) is 132 cm³/mol. The Labute approximate surface area is 206 Å². The molecule has 6 nitrogen and oxygen atoms in total. The van der Waals surface area contributed by atoms with Gasteiger partial charge >= 0.3 is 0 Å². The maximum Gasteiger partial charge on any atom is 0.250 e. The second-order valence-corrected chi connectivity index (χ2v) is 9.76. The van der Waals surface area contributed by atoms with E-state index < -0.39 is 6.04 Å². The van der Waals surface area contributed by atoms with Crippen molar-refractivity contribution in [1.29, 1.82) is 0 Å². The molecule has 1 saturated carbocycles. The van der Waals surface area contributed by atoms with Gasteiger partial charge in [0.1, 0.15) is 12.6 Å². The molecule has 0 unspecified atom stereocenters. The molecule has 1 aliphatic heterocycles. The van der Waals surface area contributed by atoms with E-state index in [-0.39, 0.29) is 37.0 Å². The molecule has 2 fully saturated rings. The van der Waals surface area contributed by atoms with Gasteiger partial charge in [0.2, 0.25) is 5.91 Å². The molecule has 7 heteroatoms. The molecule has 1 atom stereocenters. The molecule has 2 amide bonds. The third-order valence-corrected chi connectivity index (χ3v) is 7.00. The van der Waals surface area contributed by atoms with Gasteiger partial charge < -0.3 is 19.3 Å². The minimum absolute atomic E-state index is 0.0174. The van der Waals surface area contributed by atoms with E-state index in [9.17, 15) is 9.59 Å². The summed E-state index contributed by atoms with van der Waals surface area (Å²) >= 11 is 6.42. The summed E-state index contributed by atoms with van der Waals surface area (Å²) in [5.41, 5.74) is 1.52. The molecule has 4 rings (SSSR count). The first kappa shape index (κ1) is 24.4. The van der Waals surface area contributed by atoms with Crippen LogP contribution in [-0.2, 0) is 16.1 Å². The zero-order valence-corrected chi connectivity index (χ0v) is 20.9. The summed E-state index contributed by atoms with van der Waals surface area (Å²) < 4.78 is 11.4. The first-order valence-corrected chi connectivity index (χ1v) is 12.4. The highest BCUT2D eigenvalue weighted by Crippen LogP contribution is 2.38. The van der Waals surface area contributed by atoms with Gasteiger partial charge in [0, 0.05) is 17.6 Å². The van der Waals surface area contributed by atoms with E-state index in [2.05, 4.69) is 0 Å². The van der Waals surface area contributed by atoms with Gasteiger partial charge in [0.15, 0.2) is 11.5 Å². The molecule has 2 aromatic rings. The van der Waals surface area contributed by atoms with Gasteiger partial charge in [0.05, 0.1) is 13.2 Å². The van der Waals surface area contributed by atoms with Crippen LogP contribution in [0.3, 0.4) is 0 Å². The first-order chi connectivity index (χ1) is 16.4. The quantitative estimate of drug-likeness (QED) is 0.529. The van der Waals surface area contributed by atoms with E-state index in [1.165, 1.54) is 6.42 Å². The molecular formula is C27H33ClN2O4. The Kier molecular flexibility index (Phi) is 7.67. The molecule has 0 spiro atoms. The van der Waals surface area contributed by atoms with Gasteiger partial charge in [-0.15, -0.1) is 0 Å². The van der Waals surface area contributed by atoms with Crippen molar-refractivity contribution in [3.63, 3.8) is 0 Å². The van der Waals surface area contributed by atoms with Crippen molar-refractivity contribution in [2.24, 2.45) is 0 Å². The lowest BCUT2D eigenvalue weighted by Crippen LogP contribution is -2.58. The number of amides is 2. The van der Waals surface area contributed by atoms with Crippen LogP contribution in [0, 0.1) is 0 Å². The number of hydrogen-bond acceptors (Lipinski definition) is 4. The van der Waals surface area contributed by atoms with Crippen molar-refractivity contribution < 1.29 is 19.1 Å². The van der Waals surface area contributed by atoms with Crippen LogP contribution in [0.15, 0.2) is 42.5 Å². The molecular weight excluding hydrogens is 452 g/mol. The SMILES string of the molecule is COc1cc([C@H]2C(=O)N(C3CCCCC3)CC(=O)N2Cc2ccccc2Cl)ccc1OC(C)C. The van der Waals surface area contributed by atoms with Crippen molar-refractivity contribution in [2.45, 2.75) is 70.7 Å². The van der Waals surface area contributed by atoms with E-state index in [1.807, 2.05) is 50.2 Å². The van der Waals surface area contributed by atoms with Crippen LogP contribution in [-0.4, -0.2) is 47.4 Å². The van der Waals surface area contributed by atoms with Crippen molar-refractivity contribution in [1.82, 2.24) is 9.80 Å². The highest BCUT2D eigenvalue weighted by Gasteiger charge is 2.43. The van der Waals surface area contributed by atoms with Crippen LogP contribution in [0.25, 0.3) is 0 Å². The molecule has 2 aliphatic rings. The second kappa shape index (κ2) is 10.7. The normalized spacial score (nSPS) is 19.6. The topological polar surface area (TPSA) is 59.1 Å². The van der Waals surface area contributed by atoms with Gasteiger partial charge in [-0.2, -0.15) is 0 Å². The fourth-order valence-corrected chi connectivity index (χ4v) is 5.16. The number of halogens is 1. The predicted octanol–water partition coefficient (Wildman–Crippen LogP) is 5.38. The zero-order chi connectivity index (χ0) is 24.2. The summed E-state index contributed by atoms with van der Waals surface area (Å²) in [6.45, 7) is 4.27. The van der Waals surface area contributed by atoms with Crippen LogP contribution in [0.5, 0.6) is 11.5 Å². The lowest BCUT2D eigenvalue weighted by atomic mass is 9.91. The monoisotopic (exact) mass is 484 g/mol. The van der Waals surface area contributed by atoms with Gasteiger partial charge in [-0.25, -0.2) is 0 Å². The molecule has 1 heterocycles. The van der Waals surface area contributed by atoms with E-state index in [1.54, 1.807) is 23.0 Å². The molecule has 2 aromatic carbocycles. The summed E-state index contributed by atoms with van der Waals surface area (Å²) in [4.78, 5) is 30.9. The average molecular weight is 485 g/mol. The summed E-state index contributed by atoms with van der Waals surface area (Å²) in [5.74, 6) is 1.03. The number of benzene rings is 2. The maximum absolute atomic E-state index is 13.9. The van der Waals surface area contributed by atoms with Gasteiger partial charge in [-0.3, -0.25) is 9.59 Å². The Morgan fingerprint density at radius 3 is 2.44 bits per heavy atom. The highest BCUT2D eigenvalue weighted by atomic mass is 35.5. The van der Waals surface area contributed by atoms with Crippen molar-refractivity contribution in [3.05, 3.63) is 58.6 Å². The first-order valence-electron chi connectivity index (χ1n) is 12.1. The Morgan fingerprint density at radius 1 is 1.03 bits per heavy atom. The zero-order valence-electron chi connectivity index (χ0n) is 20.1. The largest absolute Gasteiger partial charge is 0.493 e. The molecule has 0 radical (unpaired) electrons. The van der Waals surface area contributed by atoms with Crippen LogP contribution >= 0.6 is 11.6 Å². The number of hydrogen-bond donors (Lipinski definition) is 0. The summed E-state index contributed by atoms with van der Waals surface area (Å²) in [5, 5.41) is 0.578. The Bertz CT molecular complexity index is 1040. The fourth-order valence-electron chi connectivity index (χ4n) is 4.97. The van der Waals surface area contributed by atoms with Crippen LogP contribution < -0.4 is 9.47 Å². The number of piperazine rings is 1. The van der Waals surface area contributed by atoms with Gasteiger partial charge in [-0.05, 0) is 56.0 Å². The second-order valence-electron chi connectivity index (χ2n) is 9.35. The average Bonchev–Trinajstić information content (AvgIpc) is 2.83. The van der Waals surface area contributed by atoms with E-state index >= 15 is 0 Å². The molecule has 182 valence electrons. The molecule has 34 heavy (non-hydrogen) atoms. The summed E-state index contributed by atoms with van der Waals surface area (Å²) in [6.07, 6.45) is 5.23. The van der Waals surface area contributed by atoms with Gasteiger partial charge in [-0.1, -0.05) is 55.1 Å². The molecule has 0 aromatic heterocycles. The van der Waals surface area contributed by atoms with Crippen LogP contribution in [0.2, 0.25) is 5.02 Å². The van der Waals surface area contributed by atoms with Crippen LogP contribution in [0.4, 0.5) is 0 Å². The standard InChI is InChI=1S/C27H33ClN2O4/c1-18(2)34-23-14-13-19(15-24(23)33-3)26-27(32)29(21-10-5-4-6-11-21)17-25(31)30(26)16-20-9-7-8-12-22(20)28/h7-9,12-15,18,21,26H,4-6,10-11,16-17H2,1-3H3/t26-/m0/s1. The third kappa shape index (κ3) is 5.17. The Morgan fingerprint density at radius 2 is 1.76 bits per heavy atom. The number of rotatable bonds is 7. The van der Waals surface area contributed by atoms with E-state index in [4.69, 9.17) is 21.1 Å². The Balaban J connectivity index is 1.73. The molecule has 1 aliphatic carbocycles. The molecule has 0 N–H and O–H groups in total. The van der Waals surface area contributed by atoms with Gasteiger partial charge in [0.25, 0.3) is 5.91 Å². The number of methoxy groups -OCH3 is 1. The van der Waals surface area contributed by atoms with Crippen molar-refractivity contribution in [3.8, 4) is 11.5 Å².